The summed E-state index contributed by atoms with van der Waals surface area (Å²) in [6.07, 6.45) is 6.32. The predicted molar refractivity (Wildman–Crippen MR) is 88.9 cm³/mol. The molecule has 114 valence electrons. The fourth-order valence-electron chi connectivity index (χ4n) is 2.34. The Morgan fingerprint density at radius 3 is 2.81 bits per heavy atom. The molecule has 0 aromatic carbocycles. The highest BCUT2D eigenvalue weighted by molar-refractivity contribution is 7.21. The van der Waals surface area contributed by atoms with Crippen molar-refractivity contribution in [3.8, 4) is 0 Å². The highest BCUT2D eigenvalue weighted by atomic mass is 32.1. The van der Waals surface area contributed by atoms with Gasteiger partial charge in [-0.15, -0.1) is 0 Å². The van der Waals surface area contributed by atoms with Gasteiger partial charge in [0, 0.05) is 12.6 Å². The van der Waals surface area contributed by atoms with E-state index < -0.39 is 0 Å². The molecule has 0 saturated heterocycles. The third kappa shape index (κ3) is 4.49. The van der Waals surface area contributed by atoms with E-state index in [1.807, 2.05) is 6.07 Å². The van der Waals surface area contributed by atoms with Crippen molar-refractivity contribution < 1.29 is 4.79 Å². The number of pyridine rings is 1. The van der Waals surface area contributed by atoms with Crippen molar-refractivity contribution in [1.29, 1.82) is 0 Å². The second-order valence-corrected chi connectivity index (χ2v) is 6.49. The van der Waals surface area contributed by atoms with Gasteiger partial charge in [-0.2, -0.15) is 0 Å². The van der Waals surface area contributed by atoms with E-state index in [-0.39, 0.29) is 5.91 Å². The van der Waals surface area contributed by atoms with E-state index in [1.54, 1.807) is 0 Å². The molecule has 5 heteroatoms. The Balaban J connectivity index is 2.05. The van der Waals surface area contributed by atoms with Gasteiger partial charge in [0.2, 0.25) is 5.91 Å². The molecule has 0 aliphatic rings. The highest BCUT2D eigenvalue weighted by Gasteiger charge is 2.11. The predicted octanol–water partition coefficient (Wildman–Crippen LogP) is 4.72. The van der Waals surface area contributed by atoms with Crippen molar-refractivity contribution in [3.05, 3.63) is 17.8 Å². The molecule has 0 radical (unpaired) electrons. The van der Waals surface area contributed by atoms with Crippen LogP contribution >= 0.6 is 11.3 Å². The van der Waals surface area contributed by atoms with Crippen molar-refractivity contribution in [2.75, 3.05) is 5.32 Å². The maximum atomic E-state index is 11.1. The standard InChI is InChI=1S/C16H23N3OS/c1-4-5-6-7-8-11(2)13-9-10-14-15(18-13)21-16(19-14)17-12(3)20/h9-11H,4-8H2,1-3H3,(H,17,19,20). The fraction of sp³-hybridized carbons (Fsp3) is 0.562. The Kier molecular flexibility index (Phi) is 5.67. The molecule has 0 aliphatic carbocycles. The second-order valence-electron chi connectivity index (χ2n) is 5.51. The highest BCUT2D eigenvalue weighted by Crippen LogP contribution is 2.27. The summed E-state index contributed by atoms with van der Waals surface area (Å²) < 4.78 is 0. The normalized spacial score (nSPS) is 12.5. The number of fused-ring (bicyclic) bond motifs is 1. The zero-order valence-electron chi connectivity index (χ0n) is 13.0. The number of unbranched alkanes of at least 4 members (excludes halogenated alkanes) is 3. The van der Waals surface area contributed by atoms with Crippen molar-refractivity contribution in [1.82, 2.24) is 9.97 Å². The number of nitrogens with one attached hydrogen (secondary N) is 1. The van der Waals surface area contributed by atoms with Crippen LogP contribution < -0.4 is 5.32 Å². The summed E-state index contributed by atoms with van der Waals surface area (Å²) in [4.78, 5) is 21.0. The third-order valence-corrected chi connectivity index (χ3v) is 4.44. The average molecular weight is 305 g/mol. The van der Waals surface area contributed by atoms with E-state index in [4.69, 9.17) is 4.98 Å². The molecule has 0 aliphatic heterocycles. The van der Waals surface area contributed by atoms with Gasteiger partial charge in [0.25, 0.3) is 0 Å². The fourth-order valence-corrected chi connectivity index (χ4v) is 3.23. The molecular formula is C16H23N3OS. The Bertz CT molecular complexity index is 609. The van der Waals surface area contributed by atoms with E-state index in [9.17, 15) is 4.79 Å². The molecule has 2 aromatic heterocycles. The van der Waals surface area contributed by atoms with E-state index in [2.05, 4.69) is 30.2 Å². The number of rotatable bonds is 7. The number of thiazole rings is 1. The minimum absolute atomic E-state index is 0.0985. The van der Waals surface area contributed by atoms with Crippen LogP contribution in [0.2, 0.25) is 0 Å². The molecule has 1 unspecified atom stereocenters. The minimum atomic E-state index is -0.0985. The molecule has 0 spiro atoms. The maximum absolute atomic E-state index is 11.1. The Hall–Kier alpha value is -1.49. The lowest BCUT2D eigenvalue weighted by Gasteiger charge is -2.10. The number of hydrogen-bond acceptors (Lipinski definition) is 4. The van der Waals surface area contributed by atoms with Gasteiger partial charge in [0.05, 0.1) is 0 Å². The van der Waals surface area contributed by atoms with Crippen LogP contribution in [0, 0.1) is 0 Å². The van der Waals surface area contributed by atoms with Crippen LogP contribution in [0.4, 0.5) is 5.13 Å². The van der Waals surface area contributed by atoms with Crippen LogP contribution in [0.15, 0.2) is 12.1 Å². The van der Waals surface area contributed by atoms with Crippen molar-refractivity contribution >= 4 is 32.7 Å². The number of amides is 1. The van der Waals surface area contributed by atoms with Crippen LogP contribution in [-0.2, 0) is 4.79 Å². The van der Waals surface area contributed by atoms with Crippen molar-refractivity contribution in [2.45, 2.75) is 58.8 Å². The molecule has 0 bridgehead atoms. The van der Waals surface area contributed by atoms with E-state index in [1.165, 1.54) is 50.4 Å². The first-order chi connectivity index (χ1) is 10.1. The Labute approximate surface area is 130 Å². The molecule has 0 fully saturated rings. The monoisotopic (exact) mass is 305 g/mol. The summed E-state index contributed by atoms with van der Waals surface area (Å²) in [5.74, 6) is 0.371. The number of aromatic nitrogens is 2. The summed E-state index contributed by atoms with van der Waals surface area (Å²) >= 11 is 1.43. The molecule has 0 saturated carbocycles. The zero-order chi connectivity index (χ0) is 15.2. The first kappa shape index (κ1) is 15.9. The van der Waals surface area contributed by atoms with Crippen LogP contribution in [0.5, 0.6) is 0 Å². The summed E-state index contributed by atoms with van der Waals surface area (Å²) in [6.45, 7) is 5.95. The number of carbonyl (C=O) groups is 1. The lowest BCUT2D eigenvalue weighted by Crippen LogP contribution is -2.04. The van der Waals surface area contributed by atoms with Crippen molar-refractivity contribution in [2.24, 2.45) is 0 Å². The van der Waals surface area contributed by atoms with E-state index in [0.29, 0.717) is 11.0 Å². The third-order valence-electron chi connectivity index (χ3n) is 3.56. The SMILES string of the molecule is CCCCCCC(C)c1ccc2nc(NC(C)=O)sc2n1. The summed E-state index contributed by atoms with van der Waals surface area (Å²) in [5, 5.41) is 3.34. The number of anilines is 1. The van der Waals surface area contributed by atoms with Crippen LogP contribution in [0.25, 0.3) is 10.3 Å². The summed E-state index contributed by atoms with van der Waals surface area (Å²) in [7, 11) is 0. The molecule has 2 rings (SSSR count). The molecular weight excluding hydrogens is 282 g/mol. The molecule has 1 N–H and O–H groups in total. The topological polar surface area (TPSA) is 54.9 Å². The largest absolute Gasteiger partial charge is 0.302 e. The summed E-state index contributed by atoms with van der Waals surface area (Å²) in [6, 6.07) is 4.06. The van der Waals surface area contributed by atoms with Gasteiger partial charge in [-0.1, -0.05) is 50.9 Å². The van der Waals surface area contributed by atoms with E-state index >= 15 is 0 Å². The van der Waals surface area contributed by atoms with Gasteiger partial charge in [-0.3, -0.25) is 4.79 Å². The van der Waals surface area contributed by atoms with Crippen LogP contribution in [0.3, 0.4) is 0 Å². The van der Waals surface area contributed by atoms with Gasteiger partial charge in [0.1, 0.15) is 10.3 Å². The Morgan fingerprint density at radius 1 is 1.29 bits per heavy atom. The van der Waals surface area contributed by atoms with Gasteiger partial charge in [0.15, 0.2) is 5.13 Å². The van der Waals surface area contributed by atoms with Gasteiger partial charge >= 0.3 is 0 Å². The van der Waals surface area contributed by atoms with Crippen LogP contribution in [0.1, 0.15) is 64.5 Å². The number of hydrogen-bond donors (Lipinski definition) is 1. The lowest BCUT2D eigenvalue weighted by atomic mass is 9.99. The minimum Gasteiger partial charge on any atom is -0.302 e. The smallest absolute Gasteiger partial charge is 0.223 e. The first-order valence-corrected chi connectivity index (χ1v) is 8.47. The summed E-state index contributed by atoms with van der Waals surface area (Å²) in [5.41, 5.74) is 1.97. The second kappa shape index (κ2) is 7.50. The van der Waals surface area contributed by atoms with Gasteiger partial charge in [-0.25, -0.2) is 9.97 Å². The zero-order valence-corrected chi connectivity index (χ0v) is 13.8. The quantitative estimate of drug-likeness (QED) is 0.753. The molecule has 21 heavy (non-hydrogen) atoms. The first-order valence-electron chi connectivity index (χ1n) is 7.65. The Morgan fingerprint density at radius 2 is 2.10 bits per heavy atom. The maximum Gasteiger partial charge on any atom is 0.223 e. The molecule has 1 atom stereocenters. The van der Waals surface area contributed by atoms with E-state index in [0.717, 1.165) is 16.0 Å². The van der Waals surface area contributed by atoms with Gasteiger partial charge < -0.3 is 5.32 Å². The van der Waals surface area contributed by atoms with Gasteiger partial charge in [-0.05, 0) is 24.5 Å². The van der Waals surface area contributed by atoms with Crippen molar-refractivity contribution in [3.63, 3.8) is 0 Å². The number of carbonyl (C=O) groups excluding carboxylic acids is 1. The molecule has 1 amide bonds. The average Bonchev–Trinajstić information content (AvgIpc) is 2.83. The number of nitrogens with zero attached hydrogens (tertiary/aromatic N) is 2. The lowest BCUT2D eigenvalue weighted by molar-refractivity contribution is -0.114. The van der Waals surface area contributed by atoms with Crippen LogP contribution in [-0.4, -0.2) is 15.9 Å². The molecule has 2 aromatic rings. The molecule has 4 nitrogen and oxygen atoms in total. The molecule has 2 heterocycles.